The molecule has 0 aromatic rings. The minimum absolute atomic E-state index is 0.0270. The predicted molar refractivity (Wildman–Crippen MR) is 126 cm³/mol. The van der Waals surface area contributed by atoms with Gasteiger partial charge in [-0.25, -0.2) is 0 Å². The zero-order valence-electron chi connectivity index (χ0n) is 20.2. The van der Waals surface area contributed by atoms with Crippen molar-refractivity contribution < 1.29 is 19.4 Å². The Labute approximate surface area is 189 Å². The number of ether oxygens (including phenoxy) is 2. The predicted octanol–water partition coefficient (Wildman–Crippen LogP) is 6.26. The number of esters is 1. The van der Waals surface area contributed by atoms with Gasteiger partial charge in [-0.2, -0.15) is 0 Å². The van der Waals surface area contributed by atoms with E-state index in [0.29, 0.717) is 13.0 Å². The number of unbranched alkanes of at least 4 members (excludes halogenated alkanes) is 3. The Morgan fingerprint density at radius 2 is 1.57 bits per heavy atom. The van der Waals surface area contributed by atoms with E-state index in [1.165, 1.54) is 78.2 Å². The Morgan fingerprint density at radius 1 is 1.03 bits per heavy atom. The summed E-state index contributed by atoms with van der Waals surface area (Å²) in [6.45, 7) is 7.43. The number of carbonyl (C=O) groups is 1. The summed E-state index contributed by atoms with van der Waals surface area (Å²) >= 11 is -2.92. The van der Waals surface area contributed by atoms with E-state index in [9.17, 15) is 9.90 Å². The van der Waals surface area contributed by atoms with E-state index in [-0.39, 0.29) is 16.0 Å². The zero-order chi connectivity index (χ0) is 22.0. The van der Waals surface area contributed by atoms with Gasteiger partial charge in [0.25, 0.3) is 0 Å². The van der Waals surface area contributed by atoms with E-state index in [0.717, 1.165) is 12.8 Å². The second kappa shape index (κ2) is 13.0. The summed E-state index contributed by atoms with van der Waals surface area (Å²) in [5.74, 6) is 0.0307. The molecule has 3 atom stereocenters. The normalized spacial score (nSPS) is 26.6. The monoisotopic (exact) mass is 532 g/mol. The third-order valence-electron chi connectivity index (χ3n) is 8.10. The third-order valence-corrected chi connectivity index (χ3v) is 24.8. The molecule has 2 aliphatic rings. The first-order valence-corrected chi connectivity index (χ1v) is 20.6. The minimum atomic E-state index is -2.92. The first-order valence-electron chi connectivity index (χ1n) is 12.9. The van der Waals surface area contributed by atoms with E-state index >= 15 is 0 Å². The van der Waals surface area contributed by atoms with Gasteiger partial charge in [-0.05, 0) is 0 Å². The number of aliphatic hydroxyl groups excluding tert-OH is 1. The number of rotatable bonds is 13. The van der Waals surface area contributed by atoms with Crippen molar-refractivity contribution in [1.29, 1.82) is 0 Å². The van der Waals surface area contributed by atoms with Crippen LogP contribution in [0.4, 0.5) is 0 Å². The molecule has 0 amide bonds. The third kappa shape index (κ3) is 5.75. The fourth-order valence-corrected chi connectivity index (χ4v) is 25.5. The molecule has 0 bridgehead atoms. The van der Waals surface area contributed by atoms with E-state index in [1.807, 2.05) is 0 Å². The van der Waals surface area contributed by atoms with Gasteiger partial charge >= 0.3 is 190 Å². The van der Waals surface area contributed by atoms with Crippen molar-refractivity contribution >= 4 is 24.3 Å². The van der Waals surface area contributed by atoms with Gasteiger partial charge in [0.15, 0.2) is 0 Å². The number of carbonyl (C=O) groups excluding carboxylic acids is 1. The Balaban J connectivity index is 2.48. The van der Waals surface area contributed by atoms with Gasteiger partial charge in [0.1, 0.15) is 0 Å². The van der Waals surface area contributed by atoms with Crippen LogP contribution in [-0.2, 0) is 14.3 Å². The average Bonchev–Trinajstić information content (AvgIpc) is 3.25. The molecule has 0 unspecified atom stereocenters. The molecule has 0 radical (unpaired) electrons. The topological polar surface area (TPSA) is 55.8 Å². The van der Waals surface area contributed by atoms with Gasteiger partial charge in [-0.3, -0.25) is 0 Å². The summed E-state index contributed by atoms with van der Waals surface area (Å²) in [5, 5.41) is 11.8. The average molecular weight is 531 g/mol. The Bertz CT molecular complexity index is 484. The SMILES string of the molecule is CCC[CH2][Sn]([CH2]CCC)([CH2]CCC)[C@H]1OCC[C@]1(C(=O)OC)[C@H](O)C1CCCCC1. The number of hydrogen-bond acceptors (Lipinski definition) is 4. The van der Waals surface area contributed by atoms with Gasteiger partial charge in [-0.15, -0.1) is 0 Å². The van der Waals surface area contributed by atoms with Crippen molar-refractivity contribution in [2.75, 3.05) is 13.7 Å². The summed E-state index contributed by atoms with van der Waals surface area (Å²) in [5.41, 5.74) is -0.817. The van der Waals surface area contributed by atoms with Crippen LogP contribution in [0.1, 0.15) is 97.8 Å². The van der Waals surface area contributed by atoms with Gasteiger partial charge in [0.2, 0.25) is 0 Å². The number of methoxy groups -OCH3 is 1. The molecule has 30 heavy (non-hydrogen) atoms. The van der Waals surface area contributed by atoms with Crippen molar-refractivity contribution in [2.24, 2.45) is 11.3 Å². The number of aliphatic hydroxyl groups is 1. The molecule has 1 aliphatic heterocycles. The Morgan fingerprint density at radius 3 is 2.03 bits per heavy atom. The number of hydrogen-bond donors (Lipinski definition) is 1. The molecule has 176 valence electrons. The van der Waals surface area contributed by atoms with E-state index in [2.05, 4.69) is 20.8 Å². The molecule has 2 fully saturated rings. The standard InChI is InChI=1S/C13H21O4.3C4H9.Sn/c1-16-12(15)13(7-8-17-9-13)11(14)10-5-3-2-4-6-10;3*1-3-4-2;/h9-11,14H,2-8H2,1H3;3*1,3-4H2,2H3;/t11-,13-;;;;/m1..../s1. The van der Waals surface area contributed by atoms with Gasteiger partial charge in [-0.1, -0.05) is 0 Å². The molecule has 1 saturated carbocycles. The molecule has 0 aromatic carbocycles. The second-order valence-corrected chi connectivity index (χ2v) is 23.6. The van der Waals surface area contributed by atoms with E-state index in [4.69, 9.17) is 9.47 Å². The molecule has 5 heteroatoms. The molecule has 1 saturated heterocycles. The maximum atomic E-state index is 13.5. The summed E-state index contributed by atoms with van der Waals surface area (Å²) in [4.78, 5) is 13.5. The van der Waals surface area contributed by atoms with Crippen molar-refractivity contribution in [3.63, 3.8) is 0 Å². The molecule has 1 N–H and O–H groups in total. The van der Waals surface area contributed by atoms with E-state index < -0.39 is 29.9 Å². The Hall–Kier alpha value is 0.189. The quantitative estimate of drug-likeness (QED) is 0.225. The summed E-state index contributed by atoms with van der Waals surface area (Å²) in [7, 11) is 1.51. The second-order valence-electron chi connectivity index (χ2n) is 10.0. The maximum absolute atomic E-state index is 13.5. The van der Waals surface area contributed by atoms with Crippen LogP contribution in [0.2, 0.25) is 13.3 Å². The van der Waals surface area contributed by atoms with Crippen LogP contribution < -0.4 is 0 Å². The summed E-state index contributed by atoms with van der Waals surface area (Å²) in [6.07, 6.45) is 13.0. The van der Waals surface area contributed by atoms with Gasteiger partial charge < -0.3 is 0 Å². The van der Waals surface area contributed by atoms with Crippen molar-refractivity contribution in [2.45, 2.75) is 121 Å². The van der Waals surface area contributed by atoms with Crippen LogP contribution in [-0.4, -0.2) is 53.4 Å². The van der Waals surface area contributed by atoms with Crippen LogP contribution >= 0.6 is 0 Å². The summed E-state index contributed by atoms with van der Waals surface area (Å²) < 4.78 is 15.9. The van der Waals surface area contributed by atoms with Crippen LogP contribution in [0.5, 0.6) is 0 Å². The van der Waals surface area contributed by atoms with Crippen molar-refractivity contribution in [1.82, 2.24) is 0 Å². The first-order chi connectivity index (χ1) is 14.5. The van der Waals surface area contributed by atoms with Crippen LogP contribution in [0.15, 0.2) is 0 Å². The molecular formula is C25H48O4Sn. The van der Waals surface area contributed by atoms with Crippen LogP contribution in [0.3, 0.4) is 0 Å². The van der Waals surface area contributed by atoms with Gasteiger partial charge in [0.05, 0.1) is 0 Å². The zero-order valence-corrected chi connectivity index (χ0v) is 23.1. The van der Waals surface area contributed by atoms with Crippen LogP contribution in [0.25, 0.3) is 0 Å². The molecule has 2 rings (SSSR count). The molecule has 4 nitrogen and oxygen atoms in total. The fraction of sp³-hybridized carbons (Fsp3) is 0.960. The van der Waals surface area contributed by atoms with Crippen molar-refractivity contribution in [3.8, 4) is 0 Å². The van der Waals surface area contributed by atoms with Gasteiger partial charge in [0, 0.05) is 0 Å². The molecule has 0 spiro atoms. The van der Waals surface area contributed by atoms with Crippen molar-refractivity contribution in [3.05, 3.63) is 0 Å². The summed E-state index contributed by atoms with van der Waals surface area (Å²) in [6, 6.07) is 0. The Kier molecular flexibility index (Phi) is 11.5. The molecule has 1 aliphatic carbocycles. The molecular weight excluding hydrogens is 483 g/mol. The first kappa shape index (κ1) is 26.4. The molecule has 1 heterocycles. The van der Waals surface area contributed by atoms with Crippen LogP contribution in [0, 0.1) is 11.3 Å². The van der Waals surface area contributed by atoms with E-state index in [1.54, 1.807) is 0 Å². The molecule has 0 aromatic heterocycles. The fourth-order valence-electron chi connectivity index (χ4n) is 6.40.